The maximum atomic E-state index is 10.8. The molecule has 0 saturated carbocycles. The van der Waals surface area contributed by atoms with Gasteiger partial charge in [-0.1, -0.05) is 0 Å². The predicted molar refractivity (Wildman–Crippen MR) is 39.2 cm³/mol. The van der Waals surface area contributed by atoms with E-state index in [4.69, 9.17) is 4.74 Å². The quantitative estimate of drug-likeness (QED) is 0.448. The number of methoxy groups -OCH3 is 1. The first kappa shape index (κ1) is 10.9. The Morgan fingerprint density at radius 2 is 2.00 bits per heavy atom. The van der Waals surface area contributed by atoms with Crippen LogP contribution in [0, 0.1) is 0 Å². The fourth-order valence-electron chi connectivity index (χ4n) is 0.549. The zero-order valence-electron chi connectivity index (χ0n) is 7.33. The topological polar surface area (TPSA) is 61.8 Å². The third-order valence-corrected chi connectivity index (χ3v) is 0.985. The molecule has 0 amide bonds. The van der Waals surface area contributed by atoms with Crippen molar-refractivity contribution in [2.24, 2.45) is 0 Å². The summed E-state index contributed by atoms with van der Waals surface area (Å²) < 4.78 is 13.6. The summed E-state index contributed by atoms with van der Waals surface area (Å²) in [6.07, 6.45) is -1.24. The molecule has 0 aliphatic carbocycles. The van der Waals surface area contributed by atoms with E-state index in [2.05, 4.69) is 9.47 Å². The number of ether oxygens (including phenoxy) is 3. The van der Waals surface area contributed by atoms with Gasteiger partial charge in [0.2, 0.25) is 0 Å². The van der Waals surface area contributed by atoms with Crippen LogP contribution in [0.3, 0.4) is 0 Å². The lowest BCUT2D eigenvalue weighted by atomic mass is 10.6. The summed E-state index contributed by atoms with van der Waals surface area (Å²) in [5.41, 5.74) is 0. The average Bonchev–Trinajstić information content (AvgIpc) is 2.01. The number of carbonyl (C=O) groups excluding carboxylic acids is 2. The van der Waals surface area contributed by atoms with E-state index >= 15 is 0 Å². The minimum absolute atomic E-state index is 0.271. The Morgan fingerprint density at radius 3 is 2.33 bits per heavy atom. The lowest BCUT2D eigenvalue weighted by Gasteiger charge is -2.13. The highest BCUT2D eigenvalue weighted by molar-refractivity contribution is 5.77. The Balaban J connectivity index is 4.02. The van der Waals surface area contributed by atoms with Crippen LogP contribution in [-0.4, -0.2) is 31.9 Å². The highest BCUT2D eigenvalue weighted by Gasteiger charge is 2.21. The highest BCUT2D eigenvalue weighted by Crippen LogP contribution is 1.97. The van der Waals surface area contributed by atoms with Crippen LogP contribution in [-0.2, 0) is 23.8 Å². The maximum Gasteiger partial charge on any atom is 0.376 e. The number of hydrogen-bond acceptors (Lipinski definition) is 5. The summed E-state index contributed by atoms with van der Waals surface area (Å²) >= 11 is 0. The molecule has 0 bridgehead atoms. The summed E-state index contributed by atoms with van der Waals surface area (Å²) in [5, 5.41) is 0. The minimum Gasteiger partial charge on any atom is -0.464 e. The SMILES string of the molecule is CCOC(OC(C)=O)C(=O)OC. The Bertz CT molecular complexity index is 165. The van der Waals surface area contributed by atoms with Crippen LogP contribution in [0.5, 0.6) is 0 Å². The summed E-state index contributed by atoms with van der Waals surface area (Å²) in [4.78, 5) is 21.3. The zero-order chi connectivity index (χ0) is 9.56. The molecule has 1 atom stereocenters. The largest absolute Gasteiger partial charge is 0.464 e. The number of esters is 2. The molecule has 5 nitrogen and oxygen atoms in total. The Hall–Kier alpha value is -1.10. The highest BCUT2D eigenvalue weighted by atomic mass is 16.7. The van der Waals surface area contributed by atoms with Gasteiger partial charge in [-0.25, -0.2) is 4.79 Å². The Labute approximate surface area is 70.6 Å². The van der Waals surface area contributed by atoms with Gasteiger partial charge in [-0.05, 0) is 6.92 Å². The molecule has 5 heteroatoms. The molecule has 0 fully saturated rings. The summed E-state index contributed by atoms with van der Waals surface area (Å²) in [6.45, 7) is 3.14. The van der Waals surface area contributed by atoms with Gasteiger partial charge in [0.25, 0.3) is 0 Å². The average molecular weight is 176 g/mol. The Morgan fingerprint density at radius 1 is 1.42 bits per heavy atom. The number of carbonyl (C=O) groups is 2. The van der Waals surface area contributed by atoms with E-state index < -0.39 is 18.2 Å². The molecule has 0 spiro atoms. The molecule has 12 heavy (non-hydrogen) atoms. The molecule has 0 rings (SSSR count). The fourth-order valence-corrected chi connectivity index (χ4v) is 0.549. The van der Waals surface area contributed by atoms with E-state index in [1.807, 2.05) is 0 Å². The van der Waals surface area contributed by atoms with Crippen molar-refractivity contribution in [1.29, 1.82) is 0 Å². The van der Waals surface area contributed by atoms with E-state index in [9.17, 15) is 9.59 Å². The molecule has 0 radical (unpaired) electrons. The summed E-state index contributed by atoms with van der Waals surface area (Å²) in [5.74, 6) is -1.30. The molecule has 0 N–H and O–H groups in total. The second-order valence-corrected chi connectivity index (χ2v) is 1.92. The van der Waals surface area contributed by atoms with E-state index in [0.717, 1.165) is 0 Å². The maximum absolute atomic E-state index is 10.8. The molecule has 0 aromatic rings. The molecule has 0 aromatic carbocycles. The third kappa shape index (κ3) is 3.92. The van der Waals surface area contributed by atoms with Crippen LogP contribution in [0.2, 0.25) is 0 Å². The van der Waals surface area contributed by atoms with Crippen molar-refractivity contribution in [1.82, 2.24) is 0 Å². The van der Waals surface area contributed by atoms with Crippen molar-refractivity contribution in [3.63, 3.8) is 0 Å². The fraction of sp³-hybridized carbons (Fsp3) is 0.714. The van der Waals surface area contributed by atoms with Crippen molar-refractivity contribution in [2.45, 2.75) is 20.1 Å². The monoisotopic (exact) mass is 176 g/mol. The van der Waals surface area contributed by atoms with Gasteiger partial charge < -0.3 is 14.2 Å². The first-order valence-corrected chi connectivity index (χ1v) is 3.48. The van der Waals surface area contributed by atoms with Gasteiger partial charge in [-0.3, -0.25) is 4.79 Å². The third-order valence-electron chi connectivity index (χ3n) is 0.985. The molecular formula is C7H12O5. The van der Waals surface area contributed by atoms with Gasteiger partial charge in [0.1, 0.15) is 0 Å². The normalized spacial score (nSPS) is 11.9. The molecule has 0 saturated heterocycles. The van der Waals surface area contributed by atoms with E-state index in [1.165, 1.54) is 14.0 Å². The van der Waals surface area contributed by atoms with Gasteiger partial charge >= 0.3 is 18.2 Å². The van der Waals surface area contributed by atoms with Gasteiger partial charge in [-0.2, -0.15) is 0 Å². The van der Waals surface area contributed by atoms with Gasteiger partial charge in [0.05, 0.1) is 7.11 Å². The van der Waals surface area contributed by atoms with E-state index in [1.54, 1.807) is 6.92 Å². The molecule has 1 unspecified atom stereocenters. The second kappa shape index (κ2) is 5.54. The van der Waals surface area contributed by atoms with Gasteiger partial charge in [0.15, 0.2) is 0 Å². The van der Waals surface area contributed by atoms with Crippen LogP contribution < -0.4 is 0 Å². The lowest BCUT2D eigenvalue weighted by molar-refractivity contribution is -0.197. The first-order chi connectivity index (χ1) is 5.61. The number of hydrogen-bond donors (Lipinski definition) is 0. The van der Waals surface area contributed by atoms with E-state index in [-0.39, 0.29) is 6.61 Å². The lowest BCUT2D eigenvalue weighted by Crippen LogP contribution is -2.30. The molecular weight excluding hydrogens is 164 g/mol. The molecule has 70 valence electrons. The molecule has 0 heterocycles. The van der Waals surface area contributed by atoms with Crippen LogP contribution in [0.4, 0.5) is 0 Å². The molecule has 0 aliphatic rings. The Kier molecular flexibility index (Phi) is 5.03. The molecule has 0 aliphatic heterocycles. The van der Waals surface area contributed by atoms with Crippen LogP contribution in [0.25, 0.3) is 0 Å². The van der Waals surface area contributed by atoms with Crippen LogP contribution in [0.1, 0.15) is 13.8 Å². The first-order valence-electron chi connectivity index (χ1n) is 3.48. The zero-order valence-corrected chi connectivity index (χ0v) is 7.33. The smallest absolute Gasteiger partial charge is 0.376 e. The van der Waals surface area contributed by atoms with Gasteiger partial charge in [0, 0.05) is 13.5 Å². The minimum atomic E-state index is -1.24. The van der Waals surface area contributed by atoms with Crippen molar-refractivity contribution in [3.05, 3.63) is 0 Å². The second-order valence-electron chi connectivity index (χ2n) is 1.92. The summed E-state index contributed by atoms with van der Waals surface area (Å²) in [7, 11) is 1.19. The number of rotatable bonds is 4. The van der Waals surface area contributed by atoms with Crippen molar-refractivity contribution >= 4 is 11.9 Å². The van der Waals surface area contributed by atoms with E-state index in [0.29, 0.717) is 0 Å². The molecule has 0 aromatic heterocycles. The predicted octanol–water partition coefficient (Wildman–Crippen LogP) is 0.0851. The van der Waals surface area contributed by atoms with Crippen LogP contribution in [0.15, 0.2) is 0 Å². The summed E-state index contributed by atoms with van der Waals surface area (Å²) in [6, 6.07) is 0. The van der Waals surface area contributed by atoms with Crippen LogP contribution >= 0.6 is 0 Å². The van der Waals surface area contributed by atoms with Crippen molar-refractivity contribution in [2.75, 3.05) is 13.7 Å². The van der Waals surface area contributed by atoms with Crippen molar-refractivity contribution < 1.29 is 23.8 Å². The standard InChI is InChI=1S/C7H12O5/c1-4-11-7(6(9)10-3)12-5(2)8/h7H,4H2,1-3H3. The van der Waals surface area contributed by atoms with Gasteiger partial charge in [-0.15, -0.1) is 0 Å². The van der Waals surface area contributed by atoms with Crippen molar-refractivity contribution in [3.8, 4) is 0 Å².